The van der Waals surface area contributed by atoms with Crippen molar-refractivity contribution in [3.05, 3.63) is 60.0 Å². The molecule has 3 atom stereocenters. The van der Waals surface area contributed by atoms with Crippen LogP contribution in [0.15, 0.2) is 54.4 Å². The molecule has 0 bridgehead atoms. The highest BCUT2D eigenvalue weighted by Crippen LogP contribution is 2.41. The average molecular weight is 320 g/mol. The van der Waals surface area contributed by atoms with Gasteiger partial charge in [-0.25, -0.2) is 4.52 Å². The van der Waals surface area contributed by atoms with E-state index in [-0.39, 0.29) is 5.78 Å². The molecule has 2 aromatic heterocycles. The lowest BCUT2D eigenvalue weighted by molar-refractivity contribution is -0.113. The van der Waals surface area contributed by atoms with Crippen molar-refractivity contribution in [1.82, 2.24) is 9.61 Å². The third kappa shape index (κ3) is 2.95. The Morgan fingerprint density at radius 1 is 1.29 bits per heavy atom. The molecular weight excluding hydrogens is 296 g/mol. The first-order valence-corrected chi connectivity index (χ1v) is 9.04. The molecule has 0 aromatic carbocycles. The molecule has 2 aliphatic rings. The van der Waals surface area contributed by atoms with Gasteiger partial charge in [-0.3, -0.25) is 4.79 Å². The molecule has 2 aromatic rings. The highest BCUT2D eigenvalue weighted by Gasteiger charge is 2.29. The van der Waals surface area contributed by atoms with Gasteiger partial charge in [-0.05, 0) is 67.2 Å². The van der Waals surface area contributed by atoms with Gasteiger partial charge < -0.3 is 0 Å². The SMILES string of the molecule is C[C@@H](CC1CC[C@H](C2=CCC(=O)C=C2)C1)c1cnn2ccccc12. The Morgan fingerprint density at radius 2 is 2.21 bits per heavy atom. The predicted octanol–water partition coefficient (Wildman–Crippen LogP) is 4.70. The first kappa shape index (κ1) is 15.4. The fourth-order valence-corrected chi connectivity index (χ4v) is 4.40. The molecule has 1 unspecified atom stereocenters. The van der Waals surface area contributed by atoms with Crippen molar-refractivity contribution in [3.63, 3.8) is 0 Å². The Balaban J connectivity index is 1.41. The van der Waals surface area contributed by atoms with Gasteiger partial charge in [0.1, 0.15) is 0 Å². The summed E-state index contributed by atoms with van der Waals surface area (Å²) in [7, 11) is 0. The van der Waals surface area contributed by atoms with Gasteiger partial charge in [0.2, 0.25) is 0 Å². The zero-order valence-corrected chi connectivity index (χ0v) is 14.2. The topological polar surface area (TPSA) is 34.4 Å². The molecule has 24 heavy (non-hydrogen) atoms. The Kier molecular flexibility index (Phi) is 4.09. The van der Waals surface area contributed by atoms with Gasteiger partial charge in [0.25, 0.3) is 0 Å². The van der Waals surface area contributed by atoms with E-state index in [0.29, 0.717) is 18.3 Å². The van der Waals surface area contributed by atoms with Crippen molar-refractivity contribution in [1.29, 1.82) is 0 Å². The minimum Gasteiger partial charge on any atom is -0.295 e. The van der Waals surface area contributed by atoms with Crippen molar-refractivity contribution in [2.24, 2.45) is 11.8 Å². The van der Waals surface area contributed by atoms with Crippen LogP contribution in [-0.2, 0) is 4.79 Å². The van der Waals surface area contributed by atoms with Crippen LogP contribution in [0.25, 0.3) is 5.52 Å². The highest BCUT2D eigenvalue weighted by atomic mass is 16.1. The molecule has 0 saturated heterocycles. The fourth-order valence-electron chi connectivity index (χ4n) is 4.40. The minimum absolute atomic E-state index is 0.231. The summed E-state index contributed by atoms with van der Waals surface area (Å²) >= 11 is 0. The zero-order chi connectivity index (χ0) is 16.5. The van der Waals surface area contributed by atoms with E-state index in [2.05, 4.69) is 30.2 Å². The molecule has 0 N–H and O–H groups in total. The van der Waals surface area contributed by atoms with Gasteiger partial charge >= 0.3 is 0 Å². The second-order valence-electron chi connectivity index (χ2n) is 7.35. The number of rotatable bonds is 4. The van der Waals surface area contributed by atoms with Crippen LogP contribution in [0, 0.1) is 11.8 Å². The molecule has 0 aliphatic heterocycles. The van der Waals surface area contributed by atoms with E-state index in [0.717, 1.165) is 5.92 Å². The van der Waals surface area contributed by atoms with Crippen LogP contribution in [0.1, 0.15) is 50.5 Å². The number of hydrogen-bond acceptors (Lipinski definition) is 2. The summed E-state index contributed by atoms with van der Waals surface area (Å²) in [6, 6.07) is 6.26. The molecule has 3 nitrogen and oxygen atoms in total. The summed E-state index contributed by atoms with van der Waals surface area (Å²) in [5, 5.41) is 4.48. The van der Waals surface area contributed by atoms with Gasteiger partial charge in [-0.15, -0.1) is 0 Å². The van der Waals surface area contributed by atoms with Crippen molar-refractivity contribution < 1.29 is 4.79 Å². The summed E-state index contributed by atoms with van der Waals surface area (Å²) in [6.45, 7) is 2.33. The lowest BCUT2D eigenvalue weighted by atomic mass is 9.87. The number of allylic oxidation sites excluding steroid dienone is 4. The average Bonchev–Trinajstić information content (AvgIpc) is 3.22. The molecule has 0 radical (unpaired) electrons. The Morgan fingerprint density at radius 3 is 3.04 bits per heavy atom. The maximum Gasteiger partial charge on any atom is 0.159 e. The lowest BCUT2D eigenvalue weighted by Gasteiger charge is -2.17. The molecule has 124 valence electrons. The summed E-state index contributed by atoms with van der Waals surface area (Å²) in [5.41, 5.74) is 3.98. The summed E-state index contributed by atoms with van der Waals surface area (Å²) in [6.07, 6.45) is 15.6. The van der Waals surface area contributed by atoms with Gasteiger partial charge in [0.05, 0.1) is 11.7 Å². The van der Waals surface area contributed by atoms with Gasteiger partial charge in [0.15, 0.2) is 5.78 Å². The van der Waals surface area contributed by atoms with Gasteiger partial charge in [-0.1, -0.05) is 25.1 Å². The Labute approximate surface area is 143 Å². The number of aromatic nitrogens is 2. The van der Waals surface area contributed by atoms with E-state index in [1.54, 1.807) is 6.08 Å². The second kappa shape index (κ2) is 6.39. The second-order valence-corrected chi connectivity index (χ2v) is 7.35. The van der Waals surface area contributed by atoms with Crippen LogP contribution in [0.2, 0.25) is 0 Å². The minimum atomic E-state index is 0.231. The monoisotopic (exact) mass is 320 g/mol. The van der Waals surface area contributed by atoms with Crippen LogP contribution < -0.4 is 0 Å². The molecular formula is C21H24N2O. The molecule has 2 heterocycles. The molecule has 1 saturated carbocycles. The summed E-state index contributed by atoms with van der Waals surface area (Å²) in [5.74, 6) is 2.19. The number of ketones is 1. The van der Waals surface area contributed by atoms with Gasteiger partial charge in [-0.2, -0.15) is 5.10 Å². The number of carbonyl (C=O) groups is 1. The van der Waals surface area contributed by atoms with Crippen molar-refractivity contribution in [2.75, 3.05) is 0 Å². The van der Waals surface area contributed by atoms with E-state index in [9.17, 15) is 4.79 Å². The quantitative estimate of drug-likeness (QED) is 0.818. The predicted molar refractivity (Wildman–Crippen MR) is 95.9 cm³/mol. The lowest BCUT2D eigenvalue weighted by Crippen LogP contribution is -2.06. The van der Waals surface area contributed by atoms with Crippen molar-refractivity contribution >= 4 is 11.3 Å². The third-order valence-corrected chi connectivity index (χ3v) is 5.69. The molecule has 0 spiro atoms. The first-order valence-electron chi connectivity index (χ1n) is 9.04. The van der Waals surface area contributed by atoms with E-state index >= 15 is 0 Å². The molecule has 2 aliphatic carbocycles. The van der Waals surface area contributed by atoms with Crippen LogP contribution in [0.3, 0.4) is 0 Å². The number of fused-ring (bicyclic) bond motifs is 1. The normalized spacial score (nSPS) is 25.2. The number of nitrogens with zero attached hydrogens (tertiary/aromatic N) is 2. The summed E-state index contributed by atoms with van der Waals surface area (Å²) < 4.78 is 1.97. The van der Waals surface area contributed by atoms with Crippen LogP contribution in [-0.4, -0.2) is 15.4 Å². The number of hydrogen-bond donors (Lipinski definition) is 0. The molecule has 4 rings (SSSR count). The maximum atomic E-state index is 11.3. The van der Waals surface area contributed by atoms with Crippen LogP contribution >= 0.6 is 0 Å². The first-order chi connectivity index (χ1) is 11.7. The van der Waals surface area contributed by atoms with Crippen LogP contribution in [0.4, 0.5) is 0 Å². The van der Waals surface area contributed by atoms with Crippen molar-refractivity contribution in [2.45, 2.75) is 44.9 Å². The molecule has 1 fully saturated rings. The molecule has 0 amide bonds. The Bertz CT molecular complexity index is 814. The van der Waals surface area contributed by atoms with E-state index in [1.807, 2.05) is 29.1 Å². The fraction of sp³-hybridized carbons (Fsp3) is 0.429. The number of pyridine rings is 1. The zero-order valence-electron chi connectivity index (χ0n) is 14.2. The smallest absolute Gasteiger partial charge is 0.159 e. The van der Waals surface area contributed by atoms with Crippen LogP contribution in [0.5, 0.6) is 0 Å². The largest absolute Gasteiger partial charge is 0.295 e. The van der Waals surface area contributed by atoms with E-state index in [1.165, 1.54) is 42.3 Å². The van der Waals surface area contributed by atoms with Crippen molar-refractivity contribution in [3.8, 4) is 0 Å². The maximum absolute atomic E-state index is 11.3. The summed E-state index contributed by atoms with van der Waals surface area (Å²) in [4.78, 5) is 11.3. The third-order valence-electron chi connectivity index (χ3n) is 5.69. The number of carbonyl (C=O) groups excluding carboxylic acids is 1. The standard InChI is InChI=1S/C21H24N2O/c1-15(20-14-22-23-11-3-2-4-21(20)23)12-16-5-6-18(13-16)17-7-9-19(24)10-8-17/h2-4,7-9,11,14-16,18H,5-6,10,12-13H2,1H3/t15-,16?,18-/m0/s1. The van der Waals surface area contributed by atoms with E-state index < -0.39 is 0 Å². The molecule has 3 heteroatoms. The Hall–Kier alpha value is -2.16. The van der Waals surface area contributed by atoms with Gasteiger partial charge in [0, 0.05) is 18.2 Å². The van der Waals surface area contributed by atoms with E-state index in [4.69, 9.17) is 0 Å². The highest BCUT2D eigenvalue weighted by molar-refractivity contribution is 5.92.